The molecule has 74 valence electrons. The van der Waals surface area contributed by atoms with Gasteiger partial charge in [0.25, 0.3) is 0 Å². The molecule has 0 saturated heterocycles. The molecule has 0 aromatic carbocycles. The summed E-state index contributed by atoms with van der Waals surface area (Å²) in [6.45, 7) is 4.51. The summed E-state index contributed by atoms with van der Waals surface area (Å²) in [5, 5.41) is 0. The Morgan fingerprint density at radius 3 is 3.07 bits per heavy atom. The zero-order chi connectivity index (χ0) is 9.97. The molecule has 0 N–H and O–H groups in total. The number of fused-ring (bicyclic) bond motifs is 1. The van der Waals surface area contributed by atoms with E-state index in [4.69, 9.17) is 0 Å². The van der Waals surface area contributed by atoms with Crippen molar-refractivity contribution in [2.45, 2.75) is 32.6 Å². The van der Waals surface area contributed by atoms with Gasteiger partial charge in [0.15, 0.2) is 0 Å². The molecule has 0 aliphatic rings. The van der Waals surface area contributed by atoms with Crippen molar-refractivity contribution in [3.05, 3.63) is 36.3 Å². The number of pyridine rings is 1. The van der Waals surface area contributed by atoms with Crippen molar-refractivity contribution in [2.24, 2.45) is 0 Å². The molecule has 0 bridgehead atoms. The molecular weight excluding hydrogens is 172 g/mol. The molecule has 0 amide bonds. The van der Waals surface area contributed by atoms with Crippen LogP contribution in [-0.2, 0) is 0 Å². The van der Waals surface area contributed by atoms with Gasteiger partial charge in [0.05, 0.1) is 0 Å². The van der Waals surface area contributed by atoms with Crippen molar-refractivity contribution in [1.82, 2.24) is 9.38 Å². The van der Waals surface area contributed by atoms with Crippen molar-refractivity contribution >= 4 is 5.65 Å². The Morgan fingerprint density at radius 2 is 2.29 bits per heavy atom. The van der Waals surface area contributed by atoms with Crippen LogP contribution in [-0.4, -0.2) is 9.38 Å². The van der Waals surface area contributed by atoms with Gasteiger partial charge >= 0.3 is 0 Å². The lowest BCUT2D eigenvalue weighted by Crippen LogP contribution is -1.95. The zero-order valence-corrected chi connectivity index (χ0v) is 8.77. The Balaban J connectivity index is 2.33. The molecule has 0 saturated carbocycles. The molecule has 0 aliphatic carbocycles. The summed E-state index contributed by atoms with van der Waals surface area (Å²) in [5.41, 5.74) is 2.43. The molecule has 2 aromatic rings. The lowest BCUT2D eigenvalue weighted by atomic mass is 9.98. The van der Waals surface area contributed by atoms with Crippen LogP contribution in [0.5, 0.6) is 0 Å². The maximum absolute atomic E-state index is 4.23. The minimum absolute atomic E-state index is 0.645. The lowest BCUT2D eigenvalue weighted by molar-refractivity contribution is 0.661. The third-order valence-corrected chi connectivity index (χ3v) is 2.70. The van der Waals surface area contributed by atoms with E-state index in [2.05, 4.69) is 41.6 Å². The van der Waals surface area contributed by atoms with Gasteiger partial charge in [-0.25, -0.2) is 4.98 Å². The Kier molecular flexibility index (Phi) is 2.53. The lowest BCUT2D eigenvalue weighted by Gasteiger charge is -2.10. The smallest absolute Gasteiger partial charge is 0.136 e. The fourth-order valence-corrected chi connectivity index (χ4v) is 1.83. The molecule has 2 heteroatoms. The van der Waals surface area contributed by atoms with E-state index in [0.29, 0.717) is 5.92 Å². The normalized spacial score (nSPS) is 13.3. The largest absolute Gasteiger partial charge is 0.307 e. The van der Waals surface area contributed by atoms with Crippen LogP contribution in [0.15, 0.2) is 30.7 Å². The highest BCUT2D eigenvalue weighted by Crippen LogP contribution is 2.20. The molecule has 2 nitrogen and oxygen atoms in total. The first-order chi connectivity index (χ1) is 6.81. The van der Waals surface area contributed by atoms with Gasteiger partial charge in [0, 0.05) is 18.6 Å². The molecule has 0 spiro atoms. The monoisotopic (exact) mass is 188 g/mol. The third-order valence-electron chi connectivity index (χ3n) is 2.70. The Bertz CT molecular complexity index is 417. The van der Waals surface area contributed by atoms with E-state index in [-0.39, 0.29) is 0 Å². The number of hydrogen-bond donors (Lipinski definition) is 0. The predicted octanol–water partition coefficient (Wildman–Crippen LogP) is 3.24. The predicted molar refractivity (Wildman–Crippen MR) is 58.5 cm³/mol. The first kappa shape index (κ1) is 9.25. The number of imidazole rings is 1. The number of hydrogen-bond acceptors (Lipinski definition) is 1. The second-order valence-corrected chi connectivity index (χ2v) is 3.84. The summed E-state index contributed by atoms with van der Waals surface area (Å²) >= 11 is 0. The van der Waals surface area contributed by atoms with E-state index < -0.39 is 0 Å². The van der Waals surface area contributed by atoms with E-state index in [0.717, 1.165) is 5.65 Å². The zero-order valence-electron chi connectivity index (χ0n) is 8.77. The summed E-state index contributed by atoms with van der Waals surface area (Å²) < 4.78 is 2.08. The standard InChI is InChI=1S/C12H16N2/c1-3-4-10(2)11-5-6-12-13-7-8-14(12)9-11/h5-10H,3-4H2,1-2H3. The second kappa shape index (κ2) is 3.82. The molecule has 2 aromatic heterocycles. The van der Waals surface area contributed by atoms with Crippen molar-refractivity contribution in [3.8, 4) is 0 Å². The van der Waals surface area contributed by atoms with Gasteiger partial charge in [-0.15, -0.1) is 0 Å². The van der Waals surface area contributed by atoms with Gasteiger partial charge in [-0.05, 0) is 24.0 Å². The molecular formula is C12H16N2. The summed E-state index contributed by atoms with van der Waals surface area (Å²) in [4.78, 5) is 4.23. The van der Waals surface area contributed by atoms with Crippen molar-refractivity contribution in [2.75, 3.05) is 0 Å². The van der Waals surface area contributed by atoms with E-state index in [9.17, 15) is 0 Å². The van der Waals surface area contributed by atoms with E-state index >= 15 is 0 Å². The van der Waals surface area contributed by atoms with Crippen LogP contribution in [0.25, 0.3) is 5.65 Å². The first-order valence-corrected chi connectivity index (χ1v) is 5.24. The van der Waals surface area contributed by atoms with Crippen LogP contribution in [0.1, 0.15) is 38.2 Å². The number of rotatable bonds is 3. The van der Waals surface area contributed by atoms with E-state index in [1.165, 1.54) is 18.4 Å². The maximum atomic E-state index is 4.23. The van der Waals surface area contributed by atoms with Crippen LogP contribution in [0.3, 0.4) is 0 Å². The SMILES string of the molecule is CCCC(C)c1ccc2nccn2c1. The number of aromatic nitrogens is 2. The molecule has 0 aliphatic heterocycles. The van der Waals surface area contributed by atoms with Crippen molar-refractivity contribution in [3.63, 3.8) is 0 Å². The van der Waals surface area contributed by atoms with Gasteiger partial charge < -0.3 is 4.40 Å². The Labute approximate surface area is 84.6 Å². The fourth-order valence-electron chi connectivity index (χ4n) is 1.83. The molecule has 14 heavy (non-hydrogen) atoms. The van der Waals surface area contributed by atoms with Gasteiger partial charge in [-0.3, -0.25) is 0 Å². The minimum Gasteiger partial charge on any atom is -0.307 e. The molecule has 2 rings (SSSR count). The maximum Gasteiger partial charge on any atom is 0.136 e. The van der Waals surface area contributed by atoms with E-state index in [1.807, 2.05) is 12.4 Å². The summed E-state index contributed by atoms with van der Waals surface area (Å²) in [7, 11) is 0. The average molecular weight is 188 g/mol. The first-order valence-electron chi connectivity index (χ1n) is 5.24. The summed E-state index contributed by atoms with van der Waals surface area (Å²) in [6, 6.07) is 4.27. The average Bonchev–Trinajstić information content (AvgIpc) is 2.64. The highest BCUT2D eigenvalue weighted by molar-refractivity contribution is 5.40. The van der Waals surface area contributed by atoms with Crippen LogP contribution in [0.4, 0.5) is 0 Å². The topological polar surface area (TPSA) is 17.3 Å². The second-order valence-electron chi connectivity index (χ2n) is 3.84. The highest BCUT2D eigenvalue weighted by Gasteiger charge is 2.04. The molecule has 0 radical (unpaired) electrons. The summed E-state index contributed by atoms with van der Waals surface area (Å²) in [6.07, 6.45) is 8.51. The van der Waals surface area contributed by atoms with Gasteiger partial charge in [-0.2, -0.15) is 0 Å². The minimum atomic E-state index is 0.645. The molecule has 1 atom stereocenters. The van der Waals surface area contributed by atoms with Crippen LogP contribution < -0.4 is 0 Å². The van der Waals surface area contributed by atoms with Gasteiger partial charge in [0.1, 0.15) is 5.65 Å². The fraction of sp³-hybridized carbons (Fsp3) is 0.417. The van der Waals surface area contributed by atoms with Gasteiger partial charge in [-0.1, -0.05) is 26.3 Å². The molecule has 0 fully saturated rings. The third kappa shape index (κ3) is 1.65. The summed E-state index contributed by atoms with van der Waals surface area (Å²) in [5.74, 6) is 0.645. The molecule has 2 heterocycles. The van der Waals surface area contributed by atoms with Crippen LogP contribution in [0, 0.1) is 0 Å². The highest BCUT2D eigenvalue weighted by atomic mass is 15.0. The van der Waals surface area contributed by atoms with Gasteiger partial charge in [0.2, 0.25) is 0 Å². The van der Waals surface area contributed by atoms with Crippen LogP contribution >= 0.6 is 0 Å². The van der Waals surface area contributed by atoms with E-state index in [1.54, 1.807) is 0 Å². The Morgan fingerprint density at radius 1 is 1.43 bits per heavy atom. The molecule has 1 unspecified atom stereocenters. The Hall–Kier alpha value is -1.31. The van der Waals surface area contributed by atoms with Crippen molar-refractivity contribution in [1.29, 1.82) is 0 Å². The van der Waals surface area contributed by atoms with Crippen molar-refractivity contribution < 1.29 is 0 Å². The quantitative estimate of drug-likeness (QED) is 0.722. The van der Waals surface area contributed by atoms with Crippen LogP contribution in [0.2, 0.25) is 0 Å². The number of nitrogens with zero attached hydrogens (tertiary/aromatic N) is 2.